The van der Waals surface area contributed by atoms with Crippen molar-refractivity contribution >= 4 is 28.5 Å². The lowest BCUT2D eigenvalue weighted by Crippen LogP contribution is -2.19. The first-order chi connectivity index (χ1) is 8.15. The Labute approximate surface area is 103 Å². The zero-order chi connectivity index (χ0) is 12.0. The fourth-order valence-corrected chi connectivity index (χ4v) is 2.50. The molecule has 17 heavy (non-hydrogen) atoms. The van der Waals surface area contributed by atoms with Crippen LogP contribution in [0.2, 0.25) is 5.02 Å². The Bertz CT molecular complexity index is 620. The molecule has 4 heteroatoms. The summed E-state index contributed by atoms with van der Waals surface area (Å²) >= 11 is 6.07. The maximum absolute atomic E-state index is 11.4. The molecule has 1 aromatic carbocycles. The number of rotatable bonds is 2. The number of benzene rings is 1. The predicted molar refractivity (Wildman–Crippen MR) is 65.3 cm³/mol. The van der Waals surface area contributed by atoms with Crippen molar-refractivity contribution in [3.8, 4) is 0 Å². The summed E-state index contributed by atoms with van der Waals surface area (Å²) in [7, 11) is 0. The molecule has 86 valence electrons. The third-order valence-electron chi connectivity index (χ3n) is 3.40. The molecule has 1 aliphatic rings. The number of hydrogen-bond acceptors (Lipinski definition) is 2. The number of pyridine rings is 1. The van der Waals surface area contributed by atoms with Gasteiger partial charge in [-0.1, -0.05) is 23.7 Å². The summed E-state index contributed by atoms with van der Waals surface area (Å²) in [6, 6.07) is 7.27. The molecular formula is C13H10ClNO2. The number of carboxylic acid groups (broad SMARTS) is 1. The minimum Gasteiger partial charge on any atom is -0.481 e. The third kappa shape index (κ3) is 1.42. The molecule has 1 N–H and O–H groups in total. The van der Waals surface area contributed by atoms with Crippen LogP contribution in [0, 0.1) is 0 Å². The lowest BCUT2D eigenvalue weighted by molar-refractivity contribution is -0.139. The highest BCUT2D eigenvalue weighted by Crippen LogP contribution is 2.50. The zero-order valence-corrected chi connectivity index (χ0v) is 9.74. The van der Waals surface area contributed by atoms with Gasteiger partial charge in [-0.05, 0) is 30.5 Å². The second kappa shape index (κ2) is 3.44. The Morgan fingerprint density at radius 3 is 2.76 bits per heavy atom. The minimum atomic E-state index is -0.759. The Morgan fingerprint density at radius 1 is 1.35 bits per heavy atom. The molecule has 0 amide bonds. The van der Waals surface area contributed by atoms with Gasteiger partial charge in [-0.3, -0.25) is 9.78 Å². The molecule has 0 aliphatic heterocycles. The van der Waals surface area contributed by atoms with Crippen LogP contribution < -0.4 is 0 Å². The van der Waals surface area contributed by atoms with Crippen LogP contribution in [0.4, 0.5) is 0 Å². The van der Waals surface area contributed by atoms with Crippen LogP contribution in [0.1, 0.15) is 18.4 Å². The molecule has 1 heterocycles. The smallest absolute Gasteiger partial charge is 0.314 e. The van der Waals surface area contributed by atoms with E-state index in [0.29, 0.717) is 23.4 Å². The second-order valence-electron chi connectivity index (χ2n) is 4.38. The normalized spacial score (nSPS) is 17.0. The van der Waals surface area contributed by atoms with Gasteiger partial charge in [0.1, 0.15) is 0 Å². The highest BCUT2D eigenvalue weighted by atomic mass is 35.5. The van der Waals surface area contributed by atoms with Gasteiger partial charge in [-0.15, -0.1) is 0 Å². The van der Waals surface area contributed by atoms with Crippen LogP contribution in [-0.2, 0) is 10.2 Å². The first-order valence-corrected chi connectivity index (χ1v) is 5.80. The molecule has 3 nitrogen and oxygen atoms in total. The molecule has 0 saturated heterocycles. The summed E-state index contributed by atoms with van der Waals surface area (Å²) in [6.45, 7) is 0. The van der Waals surface area contributed by atoms with E-state index >= 15 is 0 Å². The van der Waals surface area contributed by atoms with E-state index in [4.69, 9.17) is 11.6 Å². The van der Waals surface area contributed by atoms with E-state index < -0.39 is 11.4 Å². The molecule has 1 aromatic heterocycles. The van der Waals surface area contributed by atoms with Crippen molar-refractivity contribution in [3.05, 3.63) is 41.0 Å². The highest BCUT2D eigenvalue weighted by Gasteiger charge is 2.52. The van der Waals surface area contributed by atoms with Crippen molar-refractivity contribution in [1.29, 1.82) is 0 Å². The van der Waals surface area contributed by atoms with Gasteiger partial charge in [0.2, 0.25) is 0 Å². The Balaban J connectivity index is 2.32. The van der Waals surface area contributed by atoms with E-state index in [2.05, 4.69) is 4.98 Å². The van der Waals surface area contributed by atoms with Gasteiger partial charge in [0.15, 0.2) is 0 Å². The van der Waals surface area contributed by atoms with E-state index in [1.165, 1.54) is 0 Å². The van der Waals surface area contributed by atoms with E-state index in [-0.39, 0.29) is 0 Å². The number of carbonyl (C=O) groups is 1. The van der Waals surface area contributed by atoms with Gasteiger partial charge < -0.3 is 5.11 Å². The summed E-state index contributed by atoms with van der Waals surface area (Å²) in [4.78, 5) is 15.6. The zero-order valence-electron chi connectivity index (χ0n) is 8.98. The highest BCUT2D eigenvalue weighted by molar-refractivity contribution is 6.35. The monoisotopic (exact) mass is 247 g/mol. The van der Waals surface area contributed by atoms with Crippen molar-refractivity contribution in [1.82, 2.24) is 4.98 Å². The van der Waals surface area contributed by atoms with Gasteiger partial charge in [0.05, 0.1) is 16.0 Å². The van der Waals surface area contributed by atoms with E-state index in [9.17, 15) is 9.90 Å². The second-order valence-corrected chi connectivity index (χ2v) is 4.79. The van der Waals surface area contributed by atoms with Crippen LogP contribution in [0.5, 0.6) is 0 Å². The molecule has 0 bridgehead atoms. The molecule has 0 spiro atoms. The number of nitrogens with zero attached hydrogens (tertiary/aromatic N) is 1. The number of aromatic nitrogens is 1. The van der Waals surface area contributed by atoms with Crippen molar-refractivity contribution in [3.63, 3.8) is 0 Å². The first kappa shape index (κ1) is 10.5. The molecule has 2 aromatic rings. The lowest BCUT2D eigenvalue weighted by Gasteiger charge is -2.13. The number of fused-ring (bicyclic) bond motifs is 1. The van der Waals surface area contributed by atoms with Crippen LogP contribution >= 0.6 is 11.6 Å². The van der Waals surface area contributed by atoms with Crippen molar-refractivity contribution < 1.29 is 9.90 Å². The topological polar surface area (TPSA) is 50.2 Å². The van der Waals surface area contributed by atoms with Gasteiger partial charge >= 0.3 is 5.97 Å². The fourth-order valence-electron chi connectivity index (χ4n) is 2.28. The molecule has 1 aliphatic carbocycles. The fraction of sp³-hybridized carbons (Fsp3) is 0.231. The first-order valence-electron chi connectivity index (χ1n) is 5.42. The summed E-state index contributed by atoms with van der Waals surface area (Å²) in [5.41, 5.74) is 0.794. The average Bonchev–Trinajstić information content (AvgIpc) is 3.10. The maximum atomic E-state index is 11.4. The van der Waals surface area contributed by atoms with Crippen molar-refractivity contribution in [2.75, 3.05) is 0 Å². The minimum absolute atomic E-state index is 0.561. The quantitative estimate of drug-likeness (QED) is 0.888. The van der Waals surface area contributed by atoms with Crippen molar-refractivity contribution in [2.24, 2.45) is 0 Å². The van der Waals surface area contributed by atoms with Gasteiger partial charge in [0.25, 0.3) is 0 Å². The Hall–Kier alpha value is -1.61. The third-order valence-corrected chi connectivity index (χ3v) is 3.70. The summed E-state index contributed by atoms with van der Waals surface area (Å²) in [6.07, 6.45) is 3.01. The Morgan fingerprint density at radius 2 is 2.12 bits per heavy atom. The lowest BCUT2D eigenvalue weighted by atomic mass is 9.93. The Kier molecular flexibility index (Phi) is 2.13. The predicted octanol–water partition coefficient (Wildman–Crippen LogP) is 3.00. The molecule has 0 atom stereocenters. The van der Waals surface area contributed by atoms with Crippen molar-refractivity contribution in [2.45, 2.75) is 18.3 Å². The summed E-state index contributed by atoms with van der Waals surface area (Å²) < 4.78 is 0. The number of hydrogen-bond donors (Lipinski definition) is 1. The maximum Gasteiger partial charge on any atom is 0.314 e. The molecule has 0 radical (unpaired) electrons. The standard InChI is InChI=1S/C13H10ClNO2/c14-10-3-1-2-8-9(4-7-15-11(8)10)13(5-6-13)12(16)17/h1-4,7H,5-6H2,(H,16,17). The number of carboxylic acids is 1. The van der Waals surface area contributed by atoms with Crippen LogP contribution in [-0.4, -0.2) is 16.1 Å². The van der Waals surface area contributed by atoms with E-state index in [1.54, 1.807) is 18.3 Å². The molecule has 1 saturated carbocycles. The molecule has 1 fully saturated rings. The number of para-hydroxylation sites is 1. The largest absolute Gasteiger partial charge is 0.481 e. The van der Waals surface area contributed by atoms with E-state index in [1.807, 2.05) is 12.1 Å². The van der Waals surface area contributed by atoms with Crippen LogP contribution in [0.25, 0.3) is 10.9 Å². The molecular weight excluding hydrogens is 238 g/mol. The van der Waals surface area contributed by atoms with Crippen LogP contribution in [0.15, 0.2) is 30.5 Å². The van der Waals surface area contributed by atoms with Crippen LogP contribution in [0.3, 0.4) is 0 Å². The van der Waals surface area contributed by atoms with Gasteiger partial charge in [-0.25, -0.2) is 0 Å². The molecule has 3 rings (SSSR count). The van der Waals surface area contributed by atoms with E-state index in [0.717, 1.165) is 10.9 Å². The molecule has 0 unspecified atom stereocenters. The summed E-state index contributed by atoms with van der Waals surface area (Å²) in [5.74, 6) is -0.759. The van der Waals surface area contributed by atoms with Gasteiger partial charge in [-0.2, -0.15) is 0 Å². The number of halogens is 1. The van der Waals surface area contributed by atoms with Gasteiger partial charge in [0, 0.05) is 11.6 Å². The average molecular weight is 248 g/mol. The SMILES string of the molecule is O=C(O)C1(c2ccnc3c(Cl)cccc23)CC1. The number of aliphatic carboxylic acids is 1. The summed E-state index contributed by atoms with van der Waals surface area (Å²) in [5, 5.41) is 10.7.